The summed E-state index contributed by atoms with van der Waals surface area (Å²) in [5.74, 6) is -0.0141. The van der Waals surface area contributed by atoms with Gasteiger partial charge in [-0.1, -0.05) is 5.21 Å². The van der Waals surface area contributed by atoms with E-state index in [1.54, 1.807) is 22.8 Å². The average molecular weight is 282 g/mol. The molecular weight excluding hydrogens is 260 g/mol. The van der Waals surface area contributed by atoms with Gasteiger partial charge in [-0.15, -0.1) is 5.10 Å². The van der Waals surface area contributed by atoms with Crippen LogP contribution in [0.25, 0.3) is 0 Å². The first-order valence-corrected chi connectivity index (χ1v) is 6.78. The Balaban J connectivity index is 1.95. The van der Waals surface area contributed by atoms with E-state index in [4.69, 9.17) is 4.74 Å². The fourth-order valence-corrected chi connectivity index (χ4v) is 2.34. The van der Waals surface area contributed by atoms with Gasteiger partial charge in [0.1, 0.15) is 11.7 Å². The molecule has 1 N–H and O–H groups in total. The molecule has 2 unspecified atom stereocenters. The van der Waals surface area contributed by atoms with Crippen LogP contribution in [0.5, 0.6) is 0 Å². The maximum absolute atomic E-state index is 12.0. The number of aliphatic hydroxyl groups is 1. The van der Waals surface area contributed by atoms with E-state index in [1.807, 2.05) is 20.8 Å². The summed E-state index contributed by atoms with van der Waals surface area (Å²) in [7, 11) is 1.74. The first-order valence-electron chi connectivity index (χ1n) is 6.78. The lowest BCUT2D eigenvalue weighted by molar-refractivity contribution is 0.0266. The topological polar surface area (TPSA) is 80.5 Å². The highest BCUT2D eigenvalue weighted by Gasteiger charge is 2.34. The van der Waals surface area contributed by atoms with Crippen LogP contribution in [0.3, 0.4) is 0 Å². The van der Waals surface area contributed by atoms with Gasteiger partial charge in [-0.3, -0.25) is 0 Å². The molecule has 7 nitrogen and oxygen atoms in total. The highest BCUT2D eigenvalue weighted by atomic mass is 16.6. The zero-order valence-electron chi connectivity index (χ0n) is 12.4. The van der Waals surface area contributed by atoms with Crippen LogP contribution in [-0.4, -0.2) is 49.8 Å². The standard InChI is InChI=1S/C13H22N4O3/c1-13(2,3)20-12(19)17-6-5-9(8-17)11(18)10-7-14-15-16(10)4/h7,9,11,18H,5-6,8H2,1-4H3. The second kappa shape index (κ2) is 5.40. The number of hydrogen-bond donors (Lipinski definition) is 1. The number of carbonyl (C=O) groups is 1. The molecule has 1 aliphatic heterocycles. The number of aliphatic hydroxyl groups excluding tert-OH is 1. The molecule has 20 heavy (non-hydrogen) atoms. The Bertz CT molecular complexity index is 480. The van der Waals surface area contributed by atoms with Crippen LogP contribution in [0, 0.1) is 5.92 Å². The molecule has 0 aliphatic carbocycles. The van der Waals surface area contributed by atoms with Gasteiger partial charge in [0.05, 0.1) is 11.9 Å². The Labute approximate surface area is 118 Å². The van der Waals surface area contributed by atoms with Gasteiger partial charge in [-0.05, 0) is 27.2 Å². The normalized spacial score (nSPS) is 21.1. The van der Waals surface area contributed by atoms with Crippen molar-refractivity contribution in [2.45, 2.75) is 38.9 Å². The average Bonchev–Trinajstić information content (AvgIpc) is 2.94. The van der Waals surface area contributed by atoms with Crippen molar-refractivity contribution in [1.29, 1.82) is 0 Å². The number of likely N-dealkylation sites (tertiary alicyclic amines) is 1. The van der Waals surface area contributed by atoms with E-state index in [0.717, 1.165) is 6.42 Å². The largest absolute Gasteiger partial charge is 0.444 e. The summed E-state index contributed by atoms with van der Waals surface area (Å²) in [5, 5.41) is 17.9. The van der Waals surface area contributed by atoms with E-state index in [0.29, 0.717) is 18.8 Å². The predicted molar refractivity (Wildman–Crippen MR) is 71.9 cm³/mol. The second-order valence-electron chi connectivity index (χ2n) is 6.20. The minimum absolute atomic E-state index is 0.0141. The number of hydrogen-bond acceptors (Lipinski definition) is 5. The lowest BCUT2D eigenvalue weighted by atomic mass is 9.99. The molecule has 2 heterocycles. The first kappa shape index (κ1) is 14.8. The first-order chi connectivity index (χ1) is 9.28. The predicted octanol–water partition coefficient (Wildman–Crippen LogP) is 1.11. The van der Waals surface area contributed by atoms with Gasteiger partial charge in [0.2, 0.25) is 0 Å². The number of aryl methyl sites for hydroxylation is 1. The summed E-state index contributed by atoms with van der Waals surface area (Å²) in [5.41, 5.74) is 0.167. The molecule has 1 aliphatic rings. The molecular formula is C13H22N4O3. The summed E-state index contributed by atoms with van der Waals surface area (Å²) in [6.07, 6.45) is 1.31. The number of rotatable bonds is 2. The molecule has 1 saturated heterocycles. The maximum Gasteiger partial charge on any atom is 0.410 e. The molecule has 112 valence electrons. The number of aromatic nitrogens is 3. The van der Waals surface area contributed by atoms with Crippen LogP contribution in [-0.2, 0) is 11.8 Å². The summed E-state index contributed by atoms with van der Waals surface area (Å²) in [4.78, 5) is 13.6. The molecule has 1 aromatic heterocycles. The van der Waals surface area contributed by atoms with E-state index in [2.05, 4.69) is 10.3 Å². The van der Waals surface area contributed by atoms with Gasteiger partial charge in [-0.25, -0.2) is 9.48 Å². The summed E-state index contributed by atoms with van der Waals surface area (Å²) >= 11 is 0. The van der Waals surface area contributed by atoms with Crippen LogP contribution in [0.1, 0.15) is 39.0 Å². The van der Waals surface area contributed by atoms with Crippen molar-refractivity contribution in [2.24, 2.45) is 13.0 Å². The quantitative estimate of drug-likeness (QED) is 0.878. The third-order valence-electron chi connectivity index (χ3n) is 3.38. The Morgan fingerprint density at radius 2 is 2.25 bits per heavy atom. The zero-order valence-corrected chi connectivity index (χ0v) is 12.4. The highest BCUT2D eigenvalue weighted by Crippen LogP contribution is 2.30. The minimum atomic E-state index is -0.664. The maximum atomic E-state index is 12.0. The highest BCUT2D eigenvalue weighted by molar-refractivity contribution is 5.68. The second-order valence-corrected chi connectivity index (χ2v) is 6.20. The van der Waals surface area contributed by atoms with Crippen LogP contribution in [0.2, 0.25) is 0 Å². The van der Waals surface area contributed by atoms with Crippen molar-refractivity contribution in [3.8, 4) is 0 Å². The van der Waals surface area contributed by atoms with Gasteiger partial charge in [0.25, 0.3) is 0 Å². The van der Waals surface area contributed by atoms with Crippen LogP contribution < -0.4 is 0 Å². The van der Waals surface area contributed by atoms with Gasteiger partial charge in [0.15, 0.2) is 0 Å². The van der Waals surface area contributed by atoms with E-state index >= 15 is 0 Å². The van der Waals surface area contributed by atoms with Crippen molar-refractivity contribution in [1.82, 2.24) is 19.9 Å². The molecule has 0 bridgehead atoms. The SMILES string of the molecule is Cn1nncc1C(O)C1CCN(C(=O)OC(C)(C)C)C1. The Kier molecular flexibility index (Phi) is 3.99. The molecule has 2 rings (SSSR count). The minimum Gasteiger partial charge on any atom is -0.444 e. The number of nitrogens with zero attached hydrogens (tertiary/aromatic N) is 4. The summed E-state index contributed by atoms with van der Waals surface area (Å²) in [6.45, 7) is 6.61. The van der Waals surface area contributed by atoms with E-state index in [-0.39, 0.29) is 12.0 Å². The van der Waals surface area contributed by atoms with E-state index in [1.165, 1.54) is 0 Å². The van der Waals surface area contributed by atoms with Crippen molar-refractivity contribution in [2.75, 3.05) is 13.1 Å². The van der Waals surface area contributed by atoms with Gasteiger partial charge in [0, 0.05) is 26.1 Å². The molecule has 1 aromatic rings. The lowest BCUT2D eigenvalue weighted by Crippen LogP contribution is -2.35. The Morgan fingerprint density at radius 1 is 1.55 bits per heavy atom. The third kappa shape index (κ3) is 3.27. The Morgan fingerprint density at radius 3 is 2.80 bits per heavy atom. The molecule has 1 amide bonds. The molecule has 2 atom stereocenters. The number of amides is 1. The molecule has 0 aromatic carbocycles. The van der Waals surface area contributed by atoms with Gasteiger partial charge < -0.3 is 14.7 Å². The van der Waals surface area contributed by atoms with Crippen LogP contribution >= 0.6 is 0 Å². The van der Waals surface area contributed by atoms with Crippen molar-refractivity contribution in [3.05, 3.63) is 11.9 Å². The van der Waals surface area contributed by atoms with Gasteiger partial charge >= 0.3 is 6.09 Å². The van der Waals surface area contributed by atoms with Crippen LogP contribution in [0.4, 0.5) is 4.79 Å². The fraction of sp³-hybridized carbons (Fsp3) is 0.769. The number of carbonyl (C=O) groups excluding carboxylic acids is 1. The van der Waals surface area contributed by atoms with E-state index in [9.17, 15) is 9.90 Å². The molecule has 0 saturated carbocycles. The smallest absolute Gasteiger partial charge is 0.410 e. The molecule has 0 spiro atoms. The van der Waals surface area contributed by atoms with Crippen molar-refractivity contribution < 1.29 is 14.6 Å². The van der Waals surface area contributed by atoms with Crippen molar-refractivity contribution >= 4 is 6.09 Å². The number of ether oxygens (including phenoxy) is 1. The Hall–Kier alpha value is -1.63. The van der Waals surface area contributed by atoms with Gasteiger partial charge in [-0.2, -0.15) is 0 Å². The molecule has 7 heteroatoms. The monoisotopic (exact) mass is 282 g/mol. The van der Waals surface area contributed by atoms with Crippen LogP contribution in [0.15, 0.2) is 6.20 Å². The zero-order chi connectivity index (χ0) is 14.9. The lowest BCUT2D eigenvalue weighted by Gasteiger charge is -2.25. The van der Waals surface area contributed by atoms with Crippen molar-refractivity contribution in [3.63, 3.8) is 0 Å². The molecule has 1 fully saturated rings. The fourth-order valence-electron chi connectivity index (χ4n) is 2.34. The summed E-state index contributed by atoms with van der Waals surface area (Å²) < 4.78 is 6.90. The molecule has 0 radical (unpaired) electrons. The van der Waals surface area contributed by atoms with E-state index < -0.39 is 11.7 Å². The third-order valence-corrected chi connectivity index (χ3v) is 3.38. The summed E-state index contributed by atoms with van der Waals surface area (Å²) in [6, 6.07) is 0.